The number of benzene rings is 1. The molecule has 102 valence electrons. The molecule has 1 aromatic rings. The first kappa shape index (κ1) is 15.4. The highest BCUT2D eigenvalue weighted by Crippen LogP contribution is 2.09. The van der Waals surface area contributed by atoms with E-state index in [0.29, 0.717) is 12.3 Å². The van der Waals surface area contributed by atoms with Gasteiger partial charge in [-0.15, -0.1) is 0 Å². The van der Waals surface area contributed by atoms with Crippen LogP contribution >= 0.6 is 15.9 Å². The zero-order chi connectivity index (χ0) is 14.3. The molecule has 0 heterocycles. The van der Waals surface area contributed by atoms with Crippen molar-refractivity contribution in [3.63, 3.8) is 0 Å². The molecule has 0 radical (unpaired) electrons. The van der Waals surface area contributed by atoms with Gasteiger partial charge < -0.3 is 4.74 Å². The number of allylic oxidation sites excluding steroid dienone is 1. The van der Waals surface area contributed by atoms with E-state index < -0.39 is 0 Å². The number of ether oxygens (including phenoxy) is 1. The topological polar surface area (TPSA) is 41.9 Å². The molecule has 0 fully saturated rings. The highest BCUT2D eigenvalue weighted by molar-refractivity contribution is 9.10. The molecule has 0 bridgehead atoms. The molecule has 0 unspecified atom stereocenters. The first-order valence-electron chi connectivity index (χ1n) is 5.91. The Kier molecular flexibility index (Phi) is 6.29. The smallest absolute Gasteiger partial charge is 0.332 e. The average Bonchev–Trinajstić information content (AvgIpc) is 2.37. The zero-order valence-corrected chi connectivity index (χ0v) is 12.8. The number of carbonyl (C=O) groups is 1. The molecule has 0 saturated heterocycles. The SMILES string of the molecule is CCOC(=O)/C=C(\C)N(C)/N=C/c1ccc(Br)cc1. The quantitative estimate of drug-likeness (QED) is 0.361. The summed E-state index contributed by atoms with van der Waals surface area (Å²) < 4.78 is 5.86. The average molecular weight is 325 g/mol. The van der Waals surface area contributed by atoms with Gasteiger partial charge in [0.05, 0.1) is 12.8 Å². The molecule has 0 spiro atoms. The summed E-state index contributed by atoms with van der Waals surface area (Å²) in [5.74, 6) is -0.356. The summed E-state index contributed by atoms with van der Waals surface area (Å²) in [6, 6.07) is 7.79. The van der Waals surface area contributed by atoms with E-state index in [4.69, 9.17) is 4.74 Å². The van der Waals surface area contributed by atoms with Crippen LogP contribution in [0.2, 0.25) is 0 Å². The summed E-state index contributed by atoms with van der Waals surface area (Å²) in [5.41, 5.74) is 1.70. The second-order valence-corrected chi connectivity index (χ2v) is 4.77. The number of esters is 1. The van der Waals surface area contributed by atoms with E-state index in [1.807, 2.05) is 24.3 Å². The van der Waals surface area contributed by atoms with Crippen LogP contribution in [-0.4, -0.2) is 30.8 Å². The van der Waals surface area contributed by atoms with Crippen LogP contribution in [0.1, 0.15) is 19.4 Å². The second-order valence-electron chi connectivity index (χ2n) is 3.86. The van der Waals surface area contributed by atoms with Gasteiger partial charge in [-0.1, -0.05) is 28.1 Å². The van der Waals surface area contributed by atoms with E-state index in [0.717, 1.165) is 10.0 Å². The summed E-state index contributed by atoms with van der Waals surface area (Å²) in [5, 5.41) is 5.88. The third-order valence-corrected chi connectivity index (χ3v) is 2.90. The van der Waals surface area contributed by atoms with Gasteiger partial charge in [-0.2, -0.15) is 5.10 Å². The Morgan fingerprint density at radius 1 is 1.42 bits per heavy atom. The maximum Gasteiger partial charge on any atom is 0.332 e. The zero-order valence-electron chi connectivity index (χ0n) is 11.3. The maximum atomic E-state index is 11.3. The molecule has 0 atom stereocenters. The monoisotopic (exact) mass is 324 g/mol. The largest absolute Gasteiger partial charge is 0.463 e. The number of hydrazone groups is 1. The lowest BCUT2D eigenvalue weighted by Gasteiger charge is -2.12. The van der Waals surface area contributed by atoms with Gasteiger partial charge in [0.2, 0.25) is 0 Å². The third kappa shape index (κ3) is 5.70. The van der Waals surface area contributed by atoms with Crippen molar-refractivity contribution in [3.05, 3.63) is 46.1 Å². The number of halogens is 1. The normalized spacial score (nSPS) is 11.7. The molecule has 0 saturated carbocycles. The number of rotatable bonds is 5. The fraction of sp³-hybridized carbons (Fsp3) is 0.286. The van der Waals surface area contributed by atoms with Crippen LogP contribution < -0.4 is 0 Å². The van der Waals surface area contributed by atoms with E-state index >= 15 is 0 Å². The Bertz CT molecular complexity index is 481. The number of hydrogen-bond donors (Lipinski definition) is 0. The van der Waals surface area contributed by atoms with E-state index in [-0.39, 0.29) is 5.97 Å². The summed E-state index contributed by atoms with van der Waals surface area (Å²) in [4.78, 5) is 11.3. The summed E-state index contributed by atoms with van der Waals surface area (Å²) >= 11 is 3.38. The first-order chi connectivity index (χ1) is 9.02. The van der Waals surface area contributed by atoms with Gasteiger partial charge in [0, 0.05) is 23.3 Å². The third-order valence-electron chi connectivity index (χ3n) is 2.37. The van der Waals surface area contributed by atoms with Crippen molar-refractivity contribution < 1.29 is 9.53 Å². The number of hydrogen-bond acceptors (Lipinski definition) is 4. The van der Waals surface area contributed by atoms with Crippen LogP contribution in [0.25, 0.3) is 0 Å². The predicted octanol–water partition coefficient (Wildman–Crippen LogP) is 3.18. The first-order valence-corrected chi connectivity index (χ1v) is 6.70. The van der Waals surface area contributed by atoms with Gasteiger partial charge in [-0.25, -0.2) is 4.79 Å². The molecule has 0 amide bonds. The molecule has 1 rings (SSSR count). The Hall–Kier alpha value is -1.62. The Morgan fingerprint density at radius 2 is 2.05 bits per heavy atom. The molecule has 0 N–H and O–H groups in total. The van der Waals surface area contributed by atoms with Crippen LogP contribution in [0.4, 0.5) is 0 Å². The molecule has 0 aliphatic heterocycles. The highest BCUT2D eigenvalue weighted by Gasteiger charge is 2.01. The fourth-order valence-corrected chi connectivity index (χ4v) is 1.51. The van der Waals surface area contributed by atoms with Crippen LogP contribution in [0, 0.1) is 0 Å². The number of nitrogens with zero attached hydrogens (tertiary/aromatic N) is 2. The van der Waals surface area contributed by atoms with Crippen molar-refractivity contribution in [1.82, 2.24) is 5.01 Å². The van der Waals surface area contributed by atoms with Crippen LogP contribution in [0.3, 0.4) is 0 Å². The lowest BCUT2D eigenvalue weighted by molar-refractivity contribution is -0.137. The van der Waals surface area contributed by atoms with Crippen molar-refractivity contribution in [2.75, 3.05) is 13.7 Å². The summed E-state index contributed by atoms with van der Waals surface area (Å²) in [7, 11) is 1.78. The molecule has 0 aromatic heterocycles. The predicted molar refractivity (Wildman–Crippen MR) is 79.9 cm³/mol. The van der Waals surface area contributed by atoms with Gasteiger partial charge in [0.1, 0.15) is 0 Å². The van der Waals surface area contributed by atoms with Gasteiger partial charge >= 0.3 is 5.97 Å². The van der Waals surface area contributed by atoms with Crippen molar-refractivity contribution in [3.8, 4) is 0 Å². The van der Waals surface area contributed by atoms with Gasteiger partial charge in [0.15, 0.2) is 0 Å². The van der Waals surface area contributed by atoms with E-state index in [2.05, 4.69) is 21.0 Å². The maximum absolute atomic E-state index is 11.3. The minimum atomic E-state index is -0.356. The lowest BCUT2D eigenvalue weighted by Crippen LogP contribution is -2.11. The number of carbonyl (C=O) groups excluding carboxylic acids is 1. The minimum Gasteiger partial charge on any atom is -0.463 e. The standard InChI is InChI=1S/C14H17BrN2O2/c1-4-19-14(18)9-11(2)17(3)16-10-12-5-7-13(15)8-6-12/h5-10H,4H2,1-3H3/b11-9+,16-10+. The van der Waals surface area contributed by atoms with Gasteiger partial charge in [-0.05, 0) is 31.5 Å². The summed E-state index contributed by atoms with van der Waals surface area (Å²) in [6.07, 6.45) is 3.15. The van der Waals surface area contributed by atoms with Crippen molar-refractivity contribution in [1.29, 1.82) is 0 Å². The van der Waals surface area contributed by atoms with Crippen molar-refractivity contribution >= 4 is 28.1 Å². The van der Waals surface area contributed by atoms with Crippen LogP contribution in [-0.2, 0) is 9.53 Å². The molecule has 19 heavy (non-hydrogen) atoms. The Balaban J connectivity index is 2.65. The molecule has 0 aliphatic carbocycles. The van der Waals surface area contributed by atoms with Crippen molar-refractivity contribution in [2.45, 2.75) is 13.8 Å². The van der Waals surface area contributed by atoms with Gasteiger partial charge in [-0.3, -0.25) is 5.01 Å². The molecule has 1 aromatic carbocycles. The molecular weight excluding hydrogens is 308 g/mol. The minimum absolute atomic E-state index is 0.356. The Morgan fingerprint density at radius 3 is 2.63 bits per heavy atom. The van der Waals surface area contributed by atoms with Crippen molar-refractivity contribution in [2.24, 2.45) is 5.10 Å². The molecule has 4 nitrogen and oxygen atoms in total. The molecule has 5 heteroatoms. The molecular formula is C14H17BrN2O2. The molecule has 0 aliphatic rings. The fourth-order valence-electron chi connectivity index (χ4n) is 1.24. The highest BCUT2D eigenvalue weighted by atomic mass is 79.9. The lowest BCUT2D eigenvalue weighted by atomic mass is 10.2. The van der Waals surface area contributed by atoms with E-state index in [1.54, 1.807) is 32.1 Å². The second kappa shape index (κ2) is 7.74. The summed E-state index contributed by atoms with van der Waals surface area (Å²) in [6.45, 7) is 3.95. The van der Waals surface area contributed by atoms with E-state index in [1.165, 1.54) is 6.08 Å². The van der Waals surface area contributed by atoms with Crippen LogP contribution in [0.5, 0.6) is 0 Å². The van der Waals surface area contributed by atoms with Gasteiger partial charge in [0.25, 0.3) is 0 Å². The van der Waals surface area contributed by atoms with Crippen LogP contribution in [0.15, 0.2) is 45.6 Å². The van der Waals surface area contributed by atoms with E-state index in [9.17, 15) is 4.79 Å². The Labute approximate surface area is 121 Å².